The maximum absolute atomic E-state index is 11.6. The van der Waals surface area contributed by atoms with Gasteiger partial charge >= 0.3 is 0 Å². The van der Waals surface area contributed by atoms with Gasteiger partial charge in [0.25, 0.3) is 0 Å². The Balaban J connectivity index is 2.96. The van der Waals surface area contributed by atoms with Gasteiger partial charge in [0.15, 0.2) is 10.9 Å². The number of carbonyl (C=O) groups is 1. The Morgan fingerprint density at radius 2 is 2.05 bits per heavy atom. The van der Waals surface area contributed by atoms with E-state index < -0.39 is 0 Å². The van der Waals surface area contributed by atoms with Gasteiger partial charge in [-0.25, -0.2) is 4.98 Å². The summed E-state index contributed by atoms with van der Waals surface area (Å²) in [5.41, 5.74) is 0.495. The Labute approximate surface area is 125 Å². The zero-order valence-electron chi connectivity index (χ0n) is 12.1. The van der Waals surface area contributed by atoms with Crippen LogP contribution in [0.1, 0.15) is 51.0 Å². The summed E-state index contributed by atoms with van der Waals surface area (Å²) in [7, 11) is 0. The highest BCUT2D eigenvalue weighted by Gasteiger charge is 2.21. The SMILES string of the molecule is CCC(CC)N(CC(C)C)c1nc(C(=O)CCl)cs1. The normalized spacial score (nSPS) is 11.3. The Hall–Kier alpha value is -0.610. The number of halogens is 1. The minimum atomic E-state index is -0.0989. The predicted octanol–water partition coefficient (Wildman–Crippen LogP) is 4.22. The molecule has 1 rings (SSSR count). The molecule has 0 aromatic carbocycles. The maximum atomic E-state index is 11.6. The molecule has 0 spiro atoms. The molecule has 0 radical (unpaired) electrons. The number of thiazole rings is 1. The van der Waals surface area contributed by atoms with E-state index in [0.717, 1.165) is 24.5 Å². The van der Waals surface area contributed by atoms with E-state index in [1.165, 1.54) is 11.3 Å². The van der Waals surface area contributed by atoms with Crippen LogP contribution in [0.2, 0.25) is 0 Å². The highest BCUT2D eigenvalue weighted by Crippen LogP contribution is 2.26. The summed E-state index contributed by atoms with van der Waals surface area (Å²) in [4.78, 5) is 18.4. The molecular formula is C14H23ClN2OS. The summed E-state index contributed by atoms with van der Waals surface area (Å²) in [5, 5.41) is 2.76. The number of ketones is 1. The van der Waals surface area contributed by atoms with Gasteiger partial charge in [-0.05, 0) is 18.8 Å². The van der Waals surface area contributed by atoms with Crippen LogP contribution in [0.4, 0.5) is 5.13 Å². The summed E-state index contributed by atoms with van der Waals surface area (Å²) >= 11 is 7.12. The molecule has 0 aliphatic rings. The van der Waals surface area contributed by atoms with Gasteiger partial charge in [-0.15, -0.1) is 22.9 Å². The van der Waals surface area contributed by atoms with Gasteiger partial charge < -0.3 is 4.90 Å². The number of carbonyl (C=O) groups excluding carboxylic acids is 1. The van der Waals surface area contributed by atoms with Crippen molar-refractivity contribution in [2.75, 3.05) is 17.3 Å². The molecule has 0 bridgehead atoms. The summed E-state index contributed by atoms with van der Waals surface area (Å²) in [6.07, 6.45) is 2.17. The van der Waals surface area contributed by atoms with Crippen LogP contribution in [0.5, 0.6) is 0 Å². The Bertz CT molecular complexity index is 402. The average Bonchev–Trinajstić information content (AvgIpc) is 2.87. The Morgan fingerprint density at radius 3 is 2.53 bits per heavy atom. The number of hydrogen-bond donors (Lipinski definition) is 0. The smallest absolute Gasteiger partial charge is 0.196 e. The number of Topliss-reactive ketones (excluding diaryl/α,β-unsaturated/α-hetero) is 1. The number of nitrogens with zero attached hydrogens (tertiary/aromatic N) is 2. The van der Waals surface area contributed by atoms with E-state index in [1.807, 2.05) is 5.38 Å². The minimum Gasteiger partial charge on any atom is -0.345 e. The van der Waals surface area contributed by atoms with Crippen molar-refractivity contribution >= 4 is 33.9 Å². The van der Waals surface area contributed by atoms with Crippen molar-refractivity contribution in [2.24, 2.45) is 5.92 Å². The molecule has 1 aromatic rings. The third-order valence-electron chi connectivity index (χ3n) is 3.09. The van der Waals surface area contributed by atoms with E-state index >= 15 is 0 Å². The molecule has 3 nitrogen and oxygen atoms in total. The molecule has 0 N–H and O–H groups in total. The summed E-state index contributed by atoms with van der Waals surface area (Å²) < 4.78 is 0. The van der Waals surface area contributed by atoms with Crippen LogP contribution in [-0.2, 0) is 0 Å². The van der Waals surface area contributed by atoms with E-state index in [-0.39, 0.29) is 11.7 Å². The van der Waals surface area contributed by atoms with Crippen molar-refractivity contribution in [3.63, 3.8) is 0 Å². The second-order valence-corrected chi connectivity index (χ2v) is 6.19. The summed E-state index contributed by atoms with van der Waals surface area (Å²) in [5.74, 6) is 0.466. The summed E-state index contributed by atoms with van der Waals surface area (Å²) in [6.45, 7) is 9.76. The Morgan fingerprint density at radius 1 is 1.42 bits per heavy atom. The van der Waals surface area contributed by atoms with Gasteiger partial charge in [-0.3, -0.25) is 4.79 Å². The second kappa shape index (κ2) is 7.85. The number of alkyl halides is 1. The zero-order valence-corrected chi connectivity index (χ0v) is 13.7. The molecule has 0 amide bonds. The molecule has 0 unspecified atom stereocenters. The standard InChI is InChI=1S/C14H23ClN2OS/c1-5-11(6-2)17(8-10(3)4)14-16-12(9-19-14)13(18)7-15/h9-11H,5-8H2,1-4H3. The van der Waals surface area contributed by atoms with Crippen LogP contribution in [0, 0.1) is 5.92 Å². The minimum absolute atomic E-state index is 0.00165. The van der Waals surface area contributed by atoms with E-state index in [1.54, 1.807) is 0 Å². The van der Waals surface area contributed by atoms with Crippen LogP contribution in [0.25, 0.3) is 0 Å². The molecule has 0 saturated carbocycles. The molecule has 1 heterocycles. The number of rotatable bonds is 8. The molecular weight excluding hydrogens is 280 g/mol. The predicted molar refractivity (Wildman–Crippen MR) is 83.7 cm³/mol. The monoisotopic (exact) mass is 302 g/mol. The molecule has 1 aromatic heterocycles. The fraction of sp³-hybridized carbons (Fsp3) is 0.714. The highest BCUT2D eigenvalue weighted by molar-refractivity contribution is 7.14. The first kappa shape index (κ1) is 16.4. The van der Waals surface area contributed by atoms with E-state index in [0.29, 0.717) is 17.7 Å². The first-order chi connectivity index (χ1) is 9.03. The fourth-order valence-electron chi connectivity index (χ4n) is 2.10. The van der Waals surface area contributed by atoms with Crippen molar-refractivity contribution in [3.8, 4) is 0 Å². The van der Waals surface area contributed by atoms with Crippen LogP contribution in [-0.4, -0.2) is 29.2 Å². The molecule has 0 aliphatic carbocycles. The molecule has 108 valence electrons. The van der Waals surface area contributed by atoms with Crippen LogP contribution in [0.15, 0.2) is 5.38 Å². The van der Waals surface area contributed by atoms with Gasteiger partial charge in [0.05, 0.1) is 5.88 Å². The van der Waals surface area contributed by atoms with Gasteiger partial charge in [-0.1, -0.05) is 27.7 Å². The van der Waals surface area contributed by atoms with Crippen LogP contribution < -0.4 is 4.90 Å². The first-order valence-electron chi connectivity index (χ1n) is 6.84. The van der Waals surface area contributed by atoms with E-state index in [4.69, 9.17) is 11.6 Å². The highest BCUT2D eigenvalue weighted by atomic mass is 35.5. The van der Waals surface area contributed by atoms with Gasteiger partial charge in [0.1, 0.15) is 5.69 Å². The van der Waals surface area contributed by atoms with Gasteiger partial charge in [0.2, 0.25) is 0 Å². The maximum Gasteiger partial charge on any atom is 0.196 e. The third-order valence-corrected chi connectivity index (χ3v) is 4.21. The lowest BCUT2D eigenvalue weighted by Crippen LogP contribution is -2.37. The zero-order chi connectivity index (χ0) is 14.4. The van der Waals surface area contributed by atoms with Gasteiger partial charge in [-0.2, -0.15) is 0 Å². The van der Waals surface area contributed by atoms with Crippen molar-refractivity contribution in [3.05, 3.63) is 11.1 Å². The average molecular weight is 303 g/mol. The topological polar surface area (TPSA) is 33.2 Å². The lowest BCUT2D eigenvalue weighted by Gasteiger charge is -2.31. The number of hydrogen-bond acceptors (Lipinski definition) is 4. The largest absolute Gasteiger partial charge is 0.345 e. The van der Waals surface area contributed by atoms with Crippen molar-refractivity contribution in [2.45, 2.75) is 46.6 Å². The lowest BCUT2D eigenvalue weighted by molar-refractivity contribution is 0.101. The molecule has 0 saturated heterocycles. The number of anilines is 1. The summed E-state index contributed by atoms with van der Waals surface area (Å²) in [6, 6.07) is 0.479. The van der Waals surface area contributed by atoms with E-state index in [2.05, 4.69) is 37.6 Å². The molecule has 0 atom stereocenters. The third kappa shape index (κ3) is 4.46. The number of aromatic nitrogens is 1. The van der Waals surface area contributed by atoms with Crippen molar-refractivity contribution < 1.29 is 4.79 Å². The first-order valence-corrected chi connectivity index (χ1v) is 8.26. The lowest BCUT2D eigenvalue weighted by atomic mass is 10.1. The van der Waals surface area contributed by atoms with Crippen LogP contribution >= 0.6 is 22.9 Å². The Kier molecular flexibility index (Phi) is 6.80. The quantitative estimate of drug-likeness (QED) is 0.532. The molecule has 19 heavy (non-hydrogen) atoms. The fourth-order valence-corrected chi connectivity index (χ4v) is 3.15. The second-order valence-electron chi connectivity index (χ2n) is 5.09. The van der Waals surface area contributed by atoms with Gasteiger partial charge in [0, 0.05) is 18.0 Å². The van der Waals surface area contributed by atoms with E-state index in [9.17, 15) is 4.79 Å². The van der Waals surface area contributed by atoms with Crippen molar-refractivity contribution in [1.29, 1.82) is 0 Å². The molecule has 0 fully saturated rings. The van der Waals surface area contributed by atoms with Crippen LogP contribution in [0.3, 0.4) is 0 Å². The van der Waals surface area contributed by atoms with Crippen molar-refractivity contribution in [1.82, 2.24) is 4.98 Å². The molecule has 0 aliphatic heterocycles. The molecule has 5 heteroatoms.